The van der Waals surface area contributed by atoms with Crippen LogP contribution in [0.15, 0.2) is 30.3 Å². The van der Waals surface area contributed by atoms with Gasteiger partial charge in [-0.15, -0.1) is 0 Å². The second-order valence-corrected chi connectivity index (χ2v) is 5.79. The van der Waals surface area contributed by atoms with E-state index in [0.717, 1.165) is 31.5 Å². The summed E-state index contributed by atoms with van der Waals surface area (Å²) in [6, 6.07) is 9.99. The lowest BCUT2D eigenvalue weighted by Gasteiger charge is -2.20. The predicted octanol–water partition coefficient (Wildman–Crippen LogP) is 2.56. The maximum Gasteiger partial charge on any atom is 0.312 e. The topological polar surface area (TPSA) is 52.6 Å². The van der Waals surface area contributed by atoms with Crippen molar-refractivity contribution in [1.82, 2.24) is 10.2 Å². The van der Waals surface area contributed by atoms with Crippen LogP contribution >= 0.6 is 0 Å². The lowest BCUT2D eigenvalue weighted by molar-refractivity contribution is -0.138. The number of nitrogens with zero attached hydrogens (tertiary/aromatic N) is 1. The fourth-order valence-electron chi connectivity index (χ4n) is 2.15. The molecule has 0 radical (unpaired) electrons. The SMILES string of the molecule is CC(C)N(C)CCCCNCC(C(=O)O)c1ccccc1. The molecule has 0 heterocycles. The quantitative estimate of drug-likeness (QED) is 0.651. The molecular weight excluding hydrogens is 264 g/mol. The molecule has 0 fully saturated rings. The zero-order valence-electron chi connectivity index (χ0n) is 13.4. The molecule has 118 valence electrons. The van der Waals surface area contributed by atoms with Gasteiger partial charge in [-0.2, -0.15) is 0 Å². The number of aliphatic carboxylic acids is 1. The Kier molecular flexibility index (Phi) is 8.01. The van der Waals surface area contributed by atoms with Gasteiger partial charge < -0.3 is 15.3 Å². The second kappa shape index (κ2) is 9.53. The third-order valence-electron chi connectivity index (χ3n) is 3.84. The van der Waals surface area contributed by atoms with Crippen LogP contribution in [0.25, 0.3) is 0 Å². The summed E-state index contributed by atoms with van der Waals surface area (Å²) in [6.07, 6.45) is 2.20. The van der Waals surface area contributed by atoms with Crippen molar-refractivity contribution in [3.8, 4) is 0 Å². The number of hydrogen-bond acceptors (Lipinski definition) is 3. The maximum absolute atomic E-state index is 11.3. The van der Waals surface area contributed by atoms with Crippen molar-refractivity contribution in [2.24, 2.45) is 0 Å². The van der Waals surface area contributed by atoms with Gasteiger partial charge in [0.1, 0.15) is 0 Å². The van der Waals surface area contributed by atoms with E-state index in [9.17, 15) is 9.90 Å². The van der Waals surface area contributed by atoms with Gasteiger partial charge in [0.05, 0.1) is 5.92 Å². The summed E-state index contributed by atoms with van der Waals surface area (Å²) in [5, 5.41) is 12.6. The molecule has 0 spiro atoms. The minimum Gasteiger partial charge on any atom is -0.481 e. The first kappa shape index (κ1) is 17.7. The minimum absolute atomic E-state index is 0.468. The number of unbranched alkanes of at least 4 members (excludes halogenated alkanes) is 1. The highest BCUT2D eigenvalue weighted by molar-refractivity contribution is 5.76. The average molecular weight is 292 g/mol. The van der Waals surface area contributed by atoms with Gasteiger partial charge in [0.25, 0.3) is 0 Å². The Morgan fingerprint density at radius 3 is 2.48 bits per heavy atom. The van der Waals surface area contributed by atoms with Gasteiger partial charge in [-0.25, -0.2) is 0 Å². The molecule has 0 aromatic heterocycles. The van der Waals surface area contributed by atoms with Crippen molar-refractivity contribution in [2.45, 2.75) is 38.6 Å². The Labute approximate surface area is 128 Å². The lowest BCUT2D eigenvalue weighted by atomic mass is 9.99. The summed E-state index contributed by atoms with van der Waals surface area (Å²) in [5.74, 6) is -1.24. The molecule has 2 N–H and O–H groups in total. The number of carbonyl (C=O) groups is 1. The first-order chi connectivity index (χ1) is 10.0. The standard InChI is InChI=1S/C17H28N2O2/c1-14(2)19(3)12-8-7-11-18-13-16(17(20)21)15-9-5-4-6-10-15/h4-6,9-10,14,16,18H,7-8,11-13H2,1-3H3,(H,20,21). The summed E-state index contributed by atoms with van der Waals surface area (Å²) in [4.78, 5) is 13.7. The van der Waals surface area contributed by atoms with Crippen LogP contribution in [0.3, 0.4) is 0 Å². The van der Waals surface area contributed by atoms with Crippen LogP contribution in [0.4, 0.5) is 0 Å². The van der Waals surface area contributed by atoms with Crippen LogP contribution < -0.4 is 5.32 Å². The Balaban J connectivity index is 2.25. The van der Waals surface area contributed by atoms with Crippen LogP contribution in [-0.2, 0) is 4.79 Å². The highest BCUT2D eigenvalue weighted by atomic mass is 16.4. The van der Waals surface area contributed by atoms with Crippen LogP contribution in [0.1, 0.15) is 38.2 Å². The van der Waals surface area contributed by atoms with Gasteiger partial charge in [-0.3, -0.25) is 4.79 Å². The van der Waals surface area contributed by atoms with E-state index in [2.05, 4.69) is 31.1 Å². The highest BCUT2D eigenvalue weighted by Crippen LogP contribution is 2.14. The van der Waals surface area contributed by atoms with Crippen molar-refractivity contribution in [1.29, 1.82) is 0 Å². The summed E-state index contributed by atoms with van der Waals surface area (Å²) in [6.45, 7) is 6.81. The van der Waals surface area contributed by atoms with Crippen molar-refractivity contribution in [3.63, 3.8) is 0 Å². The van der Waals surface area contributed by atoms with E-state index >= 15 is 0 Å². The fourth-order valence-corrected chi connectivity index (χ4v) is 2.15. The smallest absolute Gasteiger partial charge is 0.312 e. The maximum atomic E-state index is 11.3. The molecule has 1 rings (SSSR count). The van der Waals surface area contributed by atoms with E-state index < -0.39 is 11.9 Å². The number of hydrogen-bond donors (Lipinski definition) is 2. The Bertz CT molecular complexity index is 407. The Morgan fingerprint density at radius 1 is 1.24 bits per heavy atom. The number of nitrogens with one attached hydrogen (secondary N) is 1. The Morgan fingerprint density at radius 2 is 1.90 bits per heavy atom. The van der Waals surface area contributed by atoms with Gasteiger partial charge in [0, 0.05) is 12.6 Å². The monoisotopic (exact) mass is 292 g/mol. The molecule has 0 aliphatic carbocycles. The molecule has 1 aromatic rings. The highest BCUT2D eigenvalue weighted by Gasteiger charge is 2.18. The van der Waals surface area contributed by atoms with Crippen LogP contribution in [0.2, 0.25) is 0 Å². The summed E-state index contributed by atoms with van der Waals surface area (Å²) >= 11 is 0. The van der Waals surface area contributed by atoms with Crippen molar-refractivity contribution in [2.75, 3.05) is 26.7 Å². The molecule has 1 atom stereocenters. The molecule has 0 amide bonds. The van der Waals surface area contributed by atoms with E-state index in [4.69, 9.17) is 0 Å². The number of carboxylic acid groups (broad SMARTS) is 1. The van der Waals surface area contributed by atoms with Gasteiger partial charge >= 0.3 is 5.97 Å². The third-order valence-corrected chi connectivity index (χ3v) is 3.84. The molecule has 4 nitrogen and oxygen atoms in total. The zero-order valence-corrected chi connectivity index (χ0v) is 13.4. The van der Waals surface area contributed by atoms with Gasteiger partial charge in [-0.1, -0.05) is 30.3 Å². The number of benzene rings is 1. The fraction of sp³-hybridized carbons (Fsp3) is 0.588. The third kappa shape index (κ3) is 6.74. The molecule has 0 bridgehead atoms. The summed E-state index contributed by atoms with van der Waals surface area (Å²) < 4.78 is 0. The molecule has 0 saturated heterocycles. The first-order valence-electron chi connectivity index (χ1n) is 7.71. The number of carboxylic acids is 1. The van der Waals surface area contributed by atoms with Crippen LogP contribution in [0.5, 0.6) is 0 Å². The lowest BCUT2D eigenvalue weighted by Crippen LogP contribution is -2.29. The molecular formula is C17H28N2O2. The van der Waals surface area contributed by atoms with E-state index in [1.54, 1.807) is 0 Å². The van der Waals surface area contributed by atoms with E-state index in [0.29, 0.717) is 12.6 Å². The first-order valence-corrected chi connectivity index (χ1v) is 7.71. The minimum atomic E-state index is -0.770. The molecule has 4 heteroatoms. The van der Waals surface area contributed by atoms with Gasteiger partial charge in [-0.05, 0) is 52.4 Å². The summed E-state index contributed by atoms with van der Waals surface area (Å²) in [5.41, 5.74) is 0.858. The van der Waals surface area contributed by atoms with E-state index in [1.807, 2.05) is 30.3 Å². The molecule has 0 aliphatic heterocycles. The summed E-state index contributed by atoms with van der Waals surface area (Å²) in [7, 11) is 2.13. The number of rotatable bonds is 10. The Hall–Kier alpha value is -1.39. The molecule has 0 aliphatic rings. The van der Waals surface area contributed by atoms with Gasteiger partial charge in [0.15, 0.2) is 0 Å². The average Bonchev–Trinajstić information content (AvgIpc) is 2.46. The normalized spacial score (nSPS) is 12.8. The molecule has 0 saturated carbocycles. The largest absolute Gasteiger partial charge is 0.481 e. The van der Waals surface area contributed by atoms with Crippen molar-refractivity contribution in [3.05, 3.63) is 35.9 Å². The van der Waals surface area contributed by atoms with Crippen molar-refractivity contribution < 1.29 is 9.90 Å². The second-order valence-electron chi connectivity index (χ2n) is 5.79. The van der Waals surface area contributed by atoms with E-state index in [1.165, 1.54) is 0 Å². The van der Waals surface area contributed by atoms with Crippen molar-refractivity contribution >= 4 is 5.97 Å². The molecule has 1 aromatic carbocycles. The van der Waals surface area contributed by atoms with E-state index in [-0.39, 0.29) is 0 Å². The van der Waals surface area contributed by atoms with Crippen LogP contribution in [0, 0.1) is 0 Å². The molecule has 21 heavy (non-hydrogen) atoms. The van der Waals surface area contributed by atoms with Crippen LogP contribution in [-0.4, -0.2) is 48.7 Å². The molecule has 1 unspecified atom stereocenters. The predicted molar refractivity (Wildman–Crippen MR) is 86.7 cm³/mol. The van der Waals surface area contributed by atoms with Gasteiger partial charge in [0.2, 0.25) is 0 Å². The zero-order chi connectivity index (χ0) is 15.7.